The molecule has 0 aromatic heterocycles. The van der Waals surface area contributed by atoms with Gasteiger partial charge in [0.05, 0.1) is 6.04 Å². The Labute approximate surface area is 134 Å². The van der Waals surface area contributed by atoms with E-state index in [1.54, 1.807) is 16.8 Å². The molecule has 2 aliphatic heterocycles. The molecular weight excluding hydrogens is 268 g/mol. The van der Waals surface area contributed by atoms with Gasteiger partial charge in [0, 0.05) is 18.8 Å². The van der Waals surface area contributed by atoms with Gasteiger partial charge in [0.1, 0.15) is 0 Å². The second-order valence-electron chi connectivity index (χ2n) is 6.92. The van der Waals surface area contributed by atoms with Crippen LogP contribution in [0.25, 0.3) is 0 Å². The van der Waals surface area contributed by atoms with Crippen LogP contribution in [0.3, 0.4) is 0 Å². The highest BCUT2D eigenvalue weighted by Gasteiger charge is 2.36. The van der Waals surface area contributed by atoms with E-state index in [0.29, 0.717) is 6.04 Å². The molecule has 1 saturated carbocycles. The van der Waals surface area contributed by atoms with Gasteiger partial charge in [-0.3, -0.25) is 0 Å². The first kappa shape index (κ1) is 13.9. The number of anilines is 1. The minimum atomic E-state index is 0.478. The normalized spacial score (nSPS) is 21.0. The van der Waals surface area contributed by atoms with E-state index in [1.807, 2.05) is 6.20 Å². The lowest BCUT2D eigenvalue weighted by molar-refractivity contribution is 0.336. The Hall–Kier alpha value is -1.70. The zero-order valence-electron chi connectivity index (χ0n) is 13.6. The molecular formula is C20H26N2. The fraction of sp³-hybridized carbons (Fsp3) is 0.500. The van der Waals surface area contributed by atoms with Gasteiger partial charge < -0.3 is 9.80 Å². The van der Waals surface area contributed by atoms with Crippen molar-refractivity contribution in [3.05, 3.63) is 53.9 Å². The van der Waals surface area contributed by atoms with Crippen molar-refractivity contribution in [3.8, 4) is 0 Å². The summed E-state index contributed by atoms with van der Waals surface area (Å²) in [6, 6.07) is 5.47. The first-order valence-corrected chi connectivity index (χ1v) is 8.75. The van der Waals surface area contributed by atoms with E-state index in [2.05, 4.69) is 47.7 Å². The van der Waals surface area contributed by atoms with Crippen LogP contribution < -0.4 is 4.90 Å². The zero-order chi connectivity index (χ0) is 15.1. The Morgan fingerprint density at radius 3 is 2.68 bits per heavy atom. The minimum Gasteiger partial charge on any atom is -0.371 e. The summed E-state index contributed by atoms with van der Waals surface area (Å²) >= 11 is 0. The molecule has 2 heterocycles. The number of hydrogen-bond acceptors (Lipinski definition) is 2. The van der Waals surface area contributed by atoms with Crippen LogP contribution in [0.4, 0.5) is 5.69 Å². The fourth-order valence-corrected chi connectivity index (χ4v) is 4.34. The summed E-state index contributed by atoms with van der Waals surface area (Å²) < 4.78 is 0. The van der Waals surface area contributed by atoms with Crippen molar-refractivity contribution in [2.75, 3.05) is 18.0 Å². The lowest BCUT2D eigenvalue weighted by Crippen LogP contribution is -2.27. The Morgan fingerprint density at radius 2 is 2.00 bits per heavy atom. The SMILES string of the molecule is C=CN(/C=C\C)C(c1cc2c3c(c1)CCN3CCC2)C1CC1. The quantitative estimate of drug-likeness (QED) is 0.793. The van der Waals surface area contributed by atoms with Gasteiger partial charge in [0.15, 0.2) is 0 Å². The monoisotopic (exact) mass is 294 g/mol. The molecule has 116 valence electrons. The number of benzene rings is 1. The van der Waals surface area contributed by atoms with E-state index in [1.165, 1.54) is 50.8 Å². The largest absolute Gasteiger partial charge is 0.371 e. The maximum absolute atomic E-state index is 4.04. The van der Waals surface area contributed by atoms with Gasteiger partial charge in [-0.2, -0.15) is 0 Å². The fourth-order valence-electron chi connectivity index (χ4n) is 4.34. The number of rotatable bonds is 5. The first-order valence-electron chi connectivity index (χ1n) is 8.75. The lowest BCUT2D eigenvalue weighted by Gasteiger charge is -2.31. The van der Waals surface area contributed by atoms with Crippen molar-refractivity contribution in [1.82, 2.24) is 4.90 Å². The van der Waals surface area contributed by atoms with E-state index >= 15 is 0 Å². The number of allylic oxidation sites excluding steroid dienone is 1. The predicted octanol–water partition coefficient (Wildman–Crippen LogP) is 4.43. The molecule has 0 spiro atoms. The Bertz CT molecular complexity index is 612. The third-order valence-corrected chi connectivity index (χ3v) is 5.39. The summed E-state index contributed by atoms with van der Waals surface area (Å²) in [5.41, 5.74) is 6.26. The number of hydrogen-bond donors (Lipinski definition) is 0. The molecule has 3 aliphatic rings. The Balaban J connectivity index is 1.76. The second-order valence-corrected chi connectivity index (χ2v) is 6.92. The van der Waals surface area contributed by atoms with Crippen molar-refractivity contribution in [1.29, 1.82) is 0 Å². The van der Waals surface area contributed by atoms with E-state index in [4.69, 9.17) is 0 Å². The molecule has 1 aromatic carbocycles. The van der Waals surface area contributed by atoms with Crippen LogP contribution in [-0.2, 0) is 12.8 Å². The van der Waals surface area contributed by atoms with Crippen LogP contribution in [0.1, 0.15) is 48.9 Å². The van der Waals surface area contributed by atoms with Gasteiger partial charge in [0.2, 0.25) is 0 Å². The first-order chi connectivity index (χ1) is 10.8. The van der Waals surface area contributed by atoms with Gasteiger partial charge in [-0.1, -0.05) is 24.8 Å². The van der Waals surface area contributed by atoms with Crippen molar-refractivity contribution < 1.29 is 0 Å². The van der Waals surface area contributed by atoms with E-state index < -0.39 is 0 Å². The van der Waals surface area contributed by atoms with Crippen molar-refractivity contribution in [2.24, 2.45) is 5.92 Å². The van der Waals surface area contributed by atoms with Crippen molar-refractivity contribution >= 4 is 5.69 Å². The molecule has 0 amide bonds. The smallest absolute Gasteiger partial charge is 0.0607 e. The summed E-state index contributed by atoms with van der Waals surface area (Å²) in [6.07, 6.45) is 12.8. The molecule has 1 unspecified atom stereocenters. The van der Waals surface area contributed by atoms with Crippen LogP contribution in [0.15, 0.2) is 37.2 Å². The van der Waals surface area contributed by atoms with Gasteiger partial charge >= 0.3 is 0 Å². The molecule has 0 N–H and O–H groups in total. The molecule has 0 radical (unpaired) electrons. The molecule has 1 atom stereocenters. The van der Waals surface area contributed by atoms with Crippen LogP contribution in [-0.4, -0.2) is 18.0 Å². The summed E-state index contributed by atoms with van der Waals surface area (Å²) in [4.78, 5) is 4.92. The highest BCUT2D eigenvalue weighted by molar-refractivity contribution is 5.66. The van der Waals surface area contributed by atoms with E-state index in [-0.39, 0.29) is 0 Å². The summed E-state index contributed by atoms with van der Waals surface area (Å²) in [6.45, 7) is 8.60. The van der Waals surface area contributed by atoms with Gasteiger partial charge in [-0.05, 0) is 74.0 Å². The van der Waals surface area contributed by atoms with Crippen LogP contribution >= 0.6 is 0 Å². The molecule has 0 bridgehead atoms. The molecule has 2 heteroatoms. The highest BCUT2D eigenvalue weighted by Crippen LogP contribution is 2.47. The standard InChI is InChI=1S/C20H26N2/c1-3-10-21(4-2)19(15-7-8-15)18-13-16-6-5-11-22-12-9-17(14-18)20(16)22/h3-4,10,13-15,19H,2,5-9,11-12H2,1H3/b10-3-. The van der Waals surface area contributed by atoms with Gasteiger partial charge in [0.25, 0.3) is 0 Å². The average molecular weight is 294 g/mol. The molecule has 1 aromatic rings. The summed E-state index contributed by atoms with van der Waals surface area (Å²) in [5, 5.41) is 0. The van der Waals surface area contributed by atoms with Crippen LogP contribution in [0.2, 0.25) is 0 Å². The third kappa shape index (κ3) is 2.25. The molecule has 2 nitrogen and oxygen atoms in total. The van der Waals surface area contributed by atoms with E-state index in [9.17, 15) is 0 Å². The lowest BCUT2D eigenvalue weighted by atomic mass is 9.92. The Morgan fingerprint density at radius 1 is 1.23 bits per heavy atom. The maximum Gasteiger partial charge on any atom is 0.0607 e. The van der Waals surface area contributed by atoms with Crippen LogP contribution in [0.5, 0.6) is 0 Å². The van der Waals surface area contributed by atoms with E-state index in [0.717, 1.165) is 5.92 Å². The van der Waals surface area contributed by atoms with Crippen molar-refractivity contribution in [2.45, 2.75) is 45.1 Å². The molecule has 1 fully saturated rings. The molecule has 22 heavy (non-hydrogen) atoms. The number of aryl methyl sites for hydroxylation is 1. The molecule has 1 aliphatic carbocycles. The minimum absolute atomic E-state index is 0.478. The molecule has 4 rings (SSSR count). The topological polar surface area (TPSA) is 6.48 Å². The Kier molecular flexibility index (Phi) is 3.48. The highest BCUT2D eigenvalue weighted by atomic mass is 15.2. The maximum atomic E-state index is 4.04. The zero-order valence-corrected chi connectivity index (χ0v) is 13.6. The van der Waals surface area contributed by atoms with Gasteiger partial charge in [-0.25, -0.2) is 0 Å². The molecule has 0 saturated heterocycles. The average Bonchev–Trinajstić information content (AvgIpc) is 3.28. The second kappa shape index (κ2) is 5.49. The summed E-state index contributed by atoms with van der Waals surface area (Å²) in [5.74, 6) is 0.792. The van der Waals surface area contributed by atoms with Gasteiger partial charge in [-0.15, -0.1) is 0 Å². The number of nitrogens with zero attached hydrogens (tertiary/aromatic N) is 2. The third-order valence-electron chi connectivity index (χ3n) is 5.39. The van der Waals surface area contributed by atoms with Crippen LogP contribution in [0, 0.1) is 5.92 Å². The predicted molar refractivity (Wildman–Crippen MR) is 93.0 cm³/mol. The van der Waals surface area contributed by atoms with Crippen molar-refractivity contribution in [3.63, 3.8) is 0 Å². The summed E-state index contributed by atoms with van der Waals surface area (Å²) in [7, 11) is 0.